The van der Waals surface area contributed by atoms with Crippen LogP contribution in [-0.2, 0) is 16.2 Å². The van der Waals surface area contributed by atoms with Crippen molar-refractivity contribution in [2.24, 2.45) is 0 Å². The van der Waals surface area contributed by atoms with E-state index in [1.54, 1.807) is 30.3 Å². The summed E-state index contributed by atoms with van der Waals surface area (Å²) in [6.07, 6.45) is 0. The van der Waals surface area contributed by atoms with Crippen molar-refractivity contribution in [2.45, 2.75) is 6.92 Å². The van der Waals surface area contributed by atoms with E-state index < -0.39 is 25.0 Å². The molecule has 24 heavy (non-hydrogen) atoms. The molecule has 126 valence electrons. The Morgan fingerprint density at radius 2 is 1.92 bits per heavy atom. The number of benzene rings is 2. The SMILES string of the molecule is CC(=O)NO[As](=O)(OO)c1ccc([N+](=O)[O-])cc1-c1ccccc1. The molecule has 2 aromatic rings. The summed E-state index contributed by atoms with van der Waals surface area (Å²) in [4.78, 5) is 21.4. The van der Waals surface area contributed by atoms with E-state index in [2.05, 4.69) is 3.88 Å². The Balaban J connectivity index is 2.62. The first-order chi connectivity index (χ1) is 11.4. The van der Waals surface area contributed by atoms with E-state index in [1.165, 1.54) is 12.1 Å². The van der Waals surface area contributed by atoms with Crippen LogP contribution < -0.4 is 9.83 Å². The Morgan fingerprint density at radius 1 is 1.25 bits per heavy atom. The van der Waals surface area contributed by atoms with Crippen LogP contribution in [-0.4, -0.2) is 30.3 Å². The van der Waals surface area contributed by atoms with Crippen LogP contribution in [0.25, 0.3) is 11.1 Å². The minimum absolute atomic E-state index is 0.0822. The molecule has 0 aromatic heterocycles. The fraction of sp³-hybridized carbons (Fsp3) is 0.0714. The Hall–Kier alpha value is -2.45. The quantitative estimate of drug-likeness (QED) is 0.327. The minimum atomic E-state index is -5.10. The van der Waals surface area contributed by atoms with E-state index in [4.69, 9.17) is 9.08 Å². The van der Waals surface area contributed by atoms with Crippen molar-refractivity contribution in [2.75, 3.05) is 0 Å². The third-order valence-electron chi connectivity index (χ3n) is 2.99. The summed E-state index contributed by atoms with van der Waals surface area (Å²) >= 11 is -5.10. The average molecular weight is 396 g/mol. The predicted octanol–water partition coefficient (Wildman–Crippen LogP) is 1.40. The van der Waals surface area contributed by atoms with E-state index in [9.17, 15) is 18.6 Å². The van der Waals surface area contributed by atoms with Gasteiger partial charge in [-0.1, -0.05) is 0 Å². The molecule has 0 heterocycles. The summed E-state index contributed by atoms with van der Waals surface area (Å²) in [6.45, 7) is 1.12. The maximum absolute atomic E-state index is 12.7. The number of nitro groups is 1. The van der Waals surface area contributed by atoms with Crippen LogP contribution in [0.15, 0.2) is 48.5 Å². The van der Waals surface area contributed by atoms with Crippen molar-refractivity contribution in [3.63, 3.8) is 0 Å². The number of carbonyl (C=O) groups excluding carboxylic acids is 1. The summed E-state index contributed by atoms with van der Waals surface area (Å²) in [5.41, 5.74) is 2.31. The zero-order valence-corrected chi connectivity index (χ0v) is 14.3. The number of nitrogens with one attached hydrogen (secondary N) is 1. The molecule has 0 bridgehead atoms. The molecule has 1 unspecified atom stereocenters. The molecule has 1 amide bonds. The van der Waals surface area contributed by atoms with Crippen LogP contribution in [0, 0.1) is 10.1 Å². The Bertz CT molecular complexity index is 810. The topological polar surface area (TPSA) is 128 Å². The molecule has 0 aliphatic rings. The van der Waals surface area contributed by atoms with Crippen molar-refractivity contribution in [1.82, 2.24) is 5.48 Å². The van der Waals surface area contributed by atoms with Gasteiger partial charge in [0, 0.05) is 0 Å². The van der Waals surface area contributed by atoms with Gasteiger partial charge in [0.05, 0.1) is 0 Å². The molecule has 2 N–H and O–H groups in total. The summed E-state index contributed by atoms with van der Waals surface area (Å²) in [7, 11) is 0. The second-order valence-electron chi connectivity index (χ2n) is 4.65. The van der Waals surface area contributed by atoms with Crippen LogP contribution in [0.1, 0.15) is 6.92 Å². The Kier molecular flexibility index (Phi) is 5.53. The second kappa shape index (κ2) is 7.41. The molecule has 9 nitrogen and oxygen atoms in total. The molecule has 0 aliphatic carbocycles. The van der Waals surface area contributed by atoms with Crippen LogP contribution in [0.4, 0.5) is 5.69 Å². The van der Waals surface area contributed by atoms with Gasteiger partial charge in [0.25, 0.3) is 0 Å². The number of hydrogen-bond acceptors (Lipinski definition) is 7. The monoisotopic (exact) mass is 396 g/mol. The molecule has 10 heteroatoms. The van der Waals surface area contributed by atoms with Crippen LogP contribution in [0.3, 0.4) is 0 Å². The molecular formula is C14H13AsN2O7. The van der Waals surface area contributed by atoms with Gasteiger partial charge in [-0.05, 0) is 0 Å². The maximum atomic E-state index is 12.7. The number of nitro benzene ring substituents is 1. The van der Waals surface area contributed by atoms with Crippen LogP contribution >= 0.6 is 0 Å². The summed E-state index contributed by atoms with van der Waals surface area (Å²) < 4.78 is 21.5. The number of hydroxylamine groups is 1. The van der Waals surface area contributed by atoms with Crippen LogP contribution in [0.2, 0.25) is 0 Å². The Morgan fingerprint density at radius 3 is 2.46 bits per heavy atom. The number of non-ortho nitro benzene ring substituents is 1. The summed E-state index contributed by atoms with van der Waals surface area (Å²) in [6, 6.07) is 11.8. The summed E-state index contributed by atoms with van der Waals surface area (Å²) in [5.74, 6) is -0.656. The van der Waals surface area contributed by atoms with Crippen molar-refractivity contribution >= 4 is 30.1 Å². The van der Waals surface area contributed by atoms with E-state index in [0.29, 0.717) is 5.56 Å². The first-order valence-electron chi connectivity index (χ1n) is 6.60. The average Bonchev–Trinajstić information content (AvgIpc) is 2.60. The first kappa shape index (κ1) is 17.9. The zero-order valence-electron chi connectivity index (χ0n) is 12.4. The number of amides is 1. The van der Waals surface area contributed by atoms with Gasteiger partial charge in [-0.3, -0.25) is 0 Å². The van der Waals surface area contributed by atoms with Crippen molar-refractivity contribution in [1.29, 1.82) is 0 Å². The molecule has 0 aliphatic heterocycles. The van der Waals surface area contributed by atoms with E-state index in [0.717, 1.165) is 13.0 Å². The Labute approximate surface area is 139 Å². The van der Waals surface area contributed by atoms with Gasteiger partial charge >= 0.3 is 139 Å². The van der Waals surface area contributed by atoms with E-state index >= 15 is 0 Å². The molecule has 1 atom stereocenters. The molecular weight excluding hydrogens is 383 g/mol. The van der Waals surface area contributed by atoms with Crippen molar-refractivity contribution in [3.8, 4) is 11.1 Å². The van der Waals surface area contributed by atoms with Gasteiger partial charge in [0.1, 0.15) is 0 Å². The van der Waals surface area contributed by atoms with Gasteiger partial charge in [-0.2, -0.15) is 0 Å². The fourth-order valence-electron chi connectivity index (χ4n) is 1.96. The van der Waals surface area contributed by atoms with Gasteiger partial charge in [0.15, 0.2) is 0 Å². The van der Waals surface area contributed by atoms with Crippen molar-refractivity contribution < 1.29 is 26.4 Å². The molecule has 2 aromatic carbocycles. The van der Waals surface area contributed by atoms with Crippen LogP contribution in [0.5, 0.6) is 0 Å². The molecule has 0 fully saturated rings. The molecule has 0 saturated carbocycles. The third-order valence-corrected chi connectivity index (χ3v) is 6.19. The molecule has 0 saturated heterocycles. The van der Waals surface area contributed by atoms with Crippen molar-refractivity contribution in [3.05, 3.63) is 58.6 Å². The van der Waals surface area contributed by atoms with Gasteiger partial charge < -0.3 is 0 Å². The summed E-state index contributed by atoms with van der Waals surface area (Å²) in [5, 5.41) is 20.1. The zero-order chi connectivity index (χ0) is 17.7. The predicted molar refractivity (Wildman–Crippen MR) is 83.2 cm³/mol. The molecule has 0 radical (unpaired) electrons. The fourth-order valence-corrected chi connectivity index (χ4v) is 4.51. The van der Waals surface area contributed by atoms with Gasteiger partial charge in [0.2, 0.25) is 0 Å². The number of carbonyl (C=O) groups is 1. The third kappa shape index (κ3) is 3.90. The first-order valence-corrected chi connectivity index (χ1v) is 9.84. The second-order valence-corrected chi connectivity index (χ2v) is 8.48. The molecule has 0 spiro atoms. The molecule has 2 rings (SSSR count). The number of nitrogens with zero attached hydrogens (tertiary/aromatic N) is 1. The number of rotatable bonds is 6. The standard InChI is InChI=1S/C14H13AsN2O7/c1-10(18)16-23-15(19,24-22)14-8-7-12(17(20)21)9-13(14)11-5-3-2-4-6-11/h2-9,22H,1H3,(H,16,18). The van der Waals surface area contributed by atoms with Gasteiger partial charge in [-0.15, -0.1) is 0 Å². The van der Waals surface area contributed by atoms with E-state index in [-0.39, 0.29) is 15.6 Å². The number of hydrogen-bond donors (Lipinski definition) is 2. The van der Waals surface area contributed by atoms with Gasteiger partial charge in [-0.25, -0.2) is 0 Å². The normalized spacial score (nSPS) is 13.1. The van der Waals surface area contributed by atoms with E-state index in [1.807, 2.05) is 5.48 Å².